The molecule has 0 aliphatic carbocycles. The van der Waals surface area contributed by atoms with Crippen LogP contribution in [0.5, 0.6) is 0 Å². The minimum atomic E-state index is -0.220. The summed E-state index contributed by atoms with van der Waals surface area (Å²) in [6.45, 7) is 4.00. The molecule has 3 nitrogen and oxygen atoms in total. The maximum atomic E-state index is 12.4. The summed E-state index contributed by atoms with van der Waals surface area (Å²) in [5, 5.41) is 6.16. The van der Waals surface area contributed by atoms with E-state index in [0.717, 1.165) is 27.9 Å². The minimum Gasteiger partial charge on any atom is -0.332 e. The van der Waals surface area contributed by atoms with Crippen LogP contribution >= 0.6 is 12.2 Å². The molecule has 0 bridgehead atoms. The average Bonchev–Trinajstić information content (AvgIpc) is 2.65. The van der Waals surface area contributed by atoms with Gasteiger partial charge in [-0.05, 0) is 61.0 Å². The van der Waals surface area contributed by atoms with Crippen LogP contribution in [0.25, 0.3) is 11.1 Å². The normalized spacial score (nSPS) is 10.2. The van der Waals surface area contributed by atoms with Crippen molar-refractivity contribution in [1.82, 2.24) is 5.32 Å². The van der Waals surface area contributed by atoms with E-state index in [4.69, 9.17) is 12.2 Å². The molecule has 3 aromatic carbocycles. The predicted octanol–water partition coefficient (Wildman–Crippen LogP) is 5.10. The maximum absolute atomic E-state index is 12.4. The van der Waals surface area contributed by atoms with Gasteiger partial charge in [0.1, 0.15) is 0 Å². The molecular formula is C22H20N2OS. The molecule has 0 aromatic heterocycles. The van der Waals surface area contributed by atoms with E-state index in [-0.39, 0.29) is 11.0 Å². The molecule has 0 spiro atoms. The summed E-state index contributed by atoms with van der Waals surface area (Å²) in [5.74, 6) is -0.220. The monoisotopic (exact) mass is 360 g/mol. The van der Waals surface area contributed by atoms with Crippen molar-refractivity contribution in [1.29, 1.82) is 0 Å². The Balaban J connectivity index is 1.75. The van der Waals surface area contributed by atoms with Crippen molar-refractivity contribution in [3.63, 3.8) is 0 Å². The van der Waals surface area contributed by atoms with Crippen molar-refractivity contribution in [3.8, 4) is 11.1 Å². The lowest BCUT2D eigenvalue weighted by Crippen LogP contribution is -2.34. The number of anilines is 1. The molecule has 0 aliphatic rings. The Morgan fingerprint density at radius 1 is 0.846 bits per heavy atom. The Morgan fingerprint density at radius 3 is 2.27 bits per heavy atom. The van der Waals surface area contributed by atoms with Crippen LogP contribution in [0.15, 0.2) is 72.8 Å². The molecule has 0 unspecified atom stereocenters. The number of nitrogens with one attached hydrogen (secondary N) is 2. The highest BCUT2D eigenvalue weighted by molar-refractivity contribution is 7.80. The van der Waals surface area contributed by atoms with Gasteiger partial charge in [0.05, 0.1) is 0 Å². The summed E-state index contributed by atoms with van der Waals surface area (Å²) in [6, 6.07) is 23.5. The fourth-order valence-electron chi connectivity index (χ4n) is 2.67. The van der Waals surface area contributed by atoms with Gasteiger partial charge in [-0.1, -0.05) is 54.6 Å². The Morgan fingerprint density at radius 2 is 1.54 bits per heavy atom. The van der Waals surface area contributed by atoms with Gasteiger partial charge in [-0.25, -0.2) is 0 Å². The lowest BCUT2D eigenvalue weighted by Gasteiger charge is -2.14. The molecule has 0 atom stereocenters. The van der Waals surface area contributed by atoms with Gasteiger partial charge >= 0.3 is 0 Å². The number of aryl methyl sites for hydroxylation is 2. The Bertz CT molecular complexity index is 951. The molecule has 0 saturated heterocycles. The number of hydrogen-bond donors (Lipinski definition) is 2. The van der Waals surface area contributed by atoms with E-state index in [0.29, 0.717) is 5.56 Å². The van der Waals surface area contributed by atoms with E-state index in [9.17, 15) is 4.79 Å². The molecule has 1 amide bonds. The van der Waals surface area contributed by atoms with Crippen molar-refractivity contribution in [2.24, 2.45) is 0 Å². The molecule has 4 heteroatoms. The SMILES string of the molecule is Cc1ccc(C(=O)NC(=S)Nc2ccccc2-c2ccccc2)cc1C. The number of thiocarbonyl (C=S) groups is 1. The summed E-state index contributed by atoms with van der Waals surface area (Å²) in [5.41, 5.74) is 5.78. The van der Waals surface area contributed by atoms with Gasteiger partial charge in [-0.15, -0.1) is 0 Å². The number of benzene rings is 3. The molecule has 0 saturated carbocycles. The summed E-state index contributed by atoms with van der Waals surface area (Å²) in [7, 11) is 0. The molecule has 130 valence electrons. The van der Waals surface area contributed by atoms with Crippen molar-refractivity contribution in [2.45, 2.75) is 13.8 Å². The number of hydrogen-bond acceptors (Lipinski definition) is 2. The lowest BCUT2D eigenvalue weighted by molar-refractivity contribution is 0.0977. The third-order valence-electron chi connectivity index (χ3n) is 4.26. The average molecular weight is 360 g/mol. The first-order valence-electron chi connectivity index (χ1n) is 8.38. The molecule has 2 N–H and O–H groups in total. The van der Waals surface area contributed by atoms with Crippen LogP contribution in [-0.2, 0) is 0 Å². The standard InChI is InChI=1S/C22H20N2OS/c1-15-12-13-18(14-16(15)2)21(25)24-22(26)23-20-11-7-6-10-19(20)17-8-4-3-5-9-17/h3-14H,1-2H3,(H2,23,24,25,26). The van der Waals surface area contributed by atoms with Crippen LogP contribution in [0.2, 0.25) is 0 Å². The molecular weight excluding hydrogens is 340 g/mol. The van der Waals surface area contributed by atoms with Crippen LogP contribution < -0.4 is 10.6 Å². The van der Waals surface area contributed by atoms with E-state index in [1.54, 1.807) is 6.07 Å². The van der Waals surface area contributed by atoms with E-state index < -0.39 is 0 Å². The molecule has 3 aromatic rings. The third kappa shape index (κ3) is 4.16. The zero-order chi connectivity index (χ0) is 18.5. The summed E-state index contributed by atoms with van der Waals surface area (Å²) in [6.07, 6.45) is 0. The molecule has 0 aliphatic heterocycles. The third-order valence-corrected chi connectivity index (χ3v) is 4.46. The van der Waals surface area contributed by atoms with Gasteiger partial charge < -0.3 is 5.32 Å². The van der Waals surface area contributed by atoms with Crippen LogP contribution in [0.4, 0.5) is 5.69 Å². The topological polar surface area (TPSA) is 41.1 Å². The molecule has 0 radical (unpaired) electrons. The number of carbonyl (C=O) groups excluding carboxylic acids is 1. The summed E-state index contributed by atoms with van der Waals surface area (Å²) < 4.78 is 0. The van der Waals surface area contributed by atoms with Gasteiger partial charge in [0.15, 0.2) is 5.11 Å². The number of para-hydroxylation sites is 1. The molecule has 0 heterocycles. The highest BCUT2D eigenvalue weighted by Gasteiger charge is 2.11. The first-order chi connectivity index (χ1) is 12.5. The number of carbonyl (C=O) groups is 1. The predicted molar refractivity (Wildman–Crippen MR) is 111 cm³/mol. The maximum Gasteiger partial charge on any atom is 0.257 e. The highest BCUT2D eigenvalue weighted by Crippen LogP contribution is 2.27. The van der Waals surface area contributed by atoms with E-state index >= 15 is 0 Å². The quantitative estimate of drug-likeness (QED) is 0.639. The second kappa shape index (κ2) is 7.93. The second-order valence-corrected chi connectivity index (χ2v) is 6.53. The Labute approximate surface area is 159 Å². The van der Waals surface area contributed by atoms with Gasteiger partial charge in [0.25, 0.3) is 5.91 Å². The van der Waals surface area contributed by atoms with Crippen LogP contribution in [-0.4, -0.2) is 11.0 Å². The van der Waals surface area contributed by atoms with Crippen LogP contribution in [0, 0.1) is 13.8 Å². The second-order valence-electron chi connectivity index (χ2n) is 6.12. The fourth-order valence-corrected chi connectivity index (χ4v) is 2.88. The number of amides is 1. The molecule has 0 fully saturated rings. The van der Waals surface area contributed by atoms with Crippen LogP contribution in [0.1, 0.15) is 21.5 Å². The smallest absolute Gasteiger partial charge is 0.257 e. The van der Waals surface area contributed by atoms with Crippen molar-refractivity contribution < 1.29 is 4.79 Å². The van der Waals surface area contributed by atoms with Gasteiger partial charge in [-0.2, -0.15) is 0 Å². The summed E-state index contributed by atoms with van der Waals surface area (Å²) in [4.78, 5) is 12.4. The zero-order valence-electron chi connectivity index (χ0n) is 14.7. The van der Waals surface area contributed by atoms with Gasteiger partial charge in [-0.3, -0.25) is 10.1 Å². The Hall–Kier alpha value is -2.98. The van der Waals surface area contributed by atoms with Crippen LogP contribution in [0.3, 0.4) is 0 Å². The first-order valence-corrected chi connectivity index (χ1v) is 8.79. The molecule has 26 heavy (non-hydrogen) atoms. The Kier molecular flexibility index (Phi) is 5.44. The van der Waals surface area contributed by atoms with Crippen molar-refractivity contribution >= 4 is 28.9 Å². The molecule has 3 rings (SSSR count). The van der Waals surface area contributed by atoms with E-state index in [1.807, 2.05) is 80.6 Å². The largest absolute Gasteiger partial charge is 0.332 e. The van der Waals surface area contributed by atoms with E-state index in [2.05, 4.69) is 10.6 Å². The summed E-state index contributed by atoms with van der Waals surface area (Å²) >= 11 is 5.34. The van der Waals surface area contributed by atoms with E-state index in [1.165, 1.54) is 0 Å². The van der Waals surface area contributed by atoms with Crippen molar-refractivity contribution in [2.75, 3.05) is 5.32 Å². The van der Waals surface area contributed by atoms with Gasteiger partial charge in [0.2, 0.25) is 0 Å². The minimum absolute atomic E-state index is 0.220. The lowest BCUT2D eigenvalue weighted by atomic mass is 10.0. The zero-order valence-corrected chi connectivity index (χ0v) is 15.6. The first kappa shape index (κ1) is 17.8. The van der Waals surface area contributed by atoms with Crippen molar-refractivity contribution in [3.05, 3.63) is 89.5 Å². The number of rotatable bonds is 3. The highest BCUT2D eigenvalue weighted by atomic mass is 32.1. The van der Waals surface area contributed by atoms with Gasteiger partial charge in [0, 0.05) is 16.8 Å². The fraction of sp³-hybridized carbons (Fsp3) is 0.0909.